The van der Waals surface area contributed by atoms with Crippen molar-refractivity contribution in [3.63, 3.8) is 0 Å². The summed E-state index contributed by atoms with van der Waals surface area (Å²) in [6.07, 6.45) is 0. The molecule has 0 saturated carbocycles. The molecule has 0 amide bonds. The highest BCUT2D eigenvalue weighted by atomic mass is 32.1. The van der Waals surface area contributed by atoms with Gasteiger partial charge in [0.15, 0.2) is 0 Å². The van der Waals surface area contributed by atoms with Crippen LogP contribution in [0.25, 0.3) is 0 Å². The third-order valence-electron chi connectivity index (χ3n) is 3.29. The van der Waals surface area contributed by atoms with Gasteiger partial charge >= 0.3 is 0 Å². The van der Waals surface area contributed by atoms with Gasteiger partial charge in [-0.3, -0.25) is 0 Å². The first kappa shape index (κ1) is 15.3. The van der Waals surface area contributed by atoms with Crippen molar-refractivity contribution in [3.05, 3.63) is 58.7 Å². The summed E-state index contributed by atoms with van der Waals surface area (Å²) in [5, 5.41) is 0. The van der Waals surface area contributed by atoms with Gasteiger partial charge in [0.25, 0.3) is 0 Å². The Kier molecular flexibility index (Phi) is 4.81. The van der Waals surface area contributed by atoms with Crippen molar-refractivity contribution in [2.45, 2.75) is 20.5 Å². The number of benzene rings is 2. The van der Waals surface area contributed by atoms with Crippen LogP contribution in [0.1, 0.15) is 22.3 Å². The number of ether oxygens (including phenoxy) is 2. The summed E-state index contributed by atoms with van der Waals surface area (Å²) in [6, 6.07) is 11.8. The molecule has 0 aliphatic rings. The predicted octanol–water partition coefficient (Wildman–Crippen LogP) is 3.53. The first-order chi connectivity index (χ1) is 10.0. The van der Waals surface area contributed by atoms with E-state index < -0.39 is 0 Å². The number of aryl methyl sites for hydroxylation is 2. The van der Waals surface area contributed by atoms with Gasteiger partial charge < -0.3 is 15.2 Å². The van der Waals surface area contributed by atoms with Crippen LogP contribution in [0.4, 0.5) is 0 Å². The van der Waals surface area contributed by atoms with E-state index in [1.807, 2.05) is 44.2 Å². The van der Waals surface area contributed by atoms with E-state index in [2.05, 4.69) is 6.07 Å². The van der Waals surface area contributed by atoms with E-state index in [0.717, 1.165) is 28.2 Å². The van der Waals surface area contributed by atoms with E-state index in [0.29, 0.717) is 11.6 Å². The molecule has 2 aromatic carbocycles. The van der Waals surface area contributed by atoms with Crippen molar-refractivity contribution in [1.82, 2.24) is 0 Å². The molecule has 0 aromatic heterocycles. The molecule has 0 unspecified atom stereocenters. The maximum absolute atomic E-state index is 5.92. The lowest BCUT2D eigenvalue weighted by Gasteiger charge is -2.13. The molecule has 0 radical (unpaired) electrons. The van der Waals surface area contributed by atoms with Gasteiger partial charge in [-0.05, 0) is 37.6 Å². The first-order valence-corrected chi connectivity index (χ1v) is 7.09. The van der Waals surface area contributed by atoms with Crippen LogP contribution in [-0.4, -0.2) is 12.1 Å². The van der Waals surface area contributed by atoms with Crippen molar-refractivity contribution in [3.8, 4) is 11.5 Å². The van der Waals surface area contributed by atoms with Crippen LogP contribution < -0.4 is 15.2 Å². The highest BCUT2D eigenvalue weighted by Crippen LogP contribution is 2.24. The molecule has 110 valence electrons. The number of hydrogen-bond acceptors (Lipinski definition) is 3. The fourth-order valence-electron chi connectivity index (χ4n) is 2.08. The molecule has 0 aliphatic carbocycles. The van der Waals surface area contributed by atoms with E-state index in [4.69, 9.17) is 27.4 Å². The molecule has 0 saturated heterocycles. The van der Waals surface area contributed by atoms with Crippen molar-refractivity contribution < 1.29 is 9.47 Å². The number of nitrogens with two attached hydrogens (primary N) is 1. The Morgan fingerprint density at radius 2 is 1.86 bits per heavy atom. The second-order valence-electron chi connectivity index (χ2n) is 4.95. The monoisotopic (exact) mass is 301 g/mol. The lowest BCUT2D eigenvalue weighted by molar-refractivity contribution is 0.294. The van der Waals surface area contributed by atoms with Crippen LogP contribution in [0.2, 0.25) is 0 Å². The van der Waals surface area contributed by atoms with Crippen molar-refractivity contribution in [1.29, 1.82) is 0 Å². The Labute approximate surface area is 130 Å². The molecule has 2 rings (SSSR count). The van der Waals surface area contributed by atoms with E-state index in [-0.39, 0.29) is 0 Å². The predicted molar refractivity (Wildman–Crippen MR) is 89.1 cm³/mol. The van der Waals surface area contributed by atoms with Crippen LogP contribution in [0.15, 0.2) is 36.4 Å². The average Bonchev–Trinajstić information content (AvgIpc) is 2.46. The minimum absolute atomic E-state index is 0.369. The van der Waals surface area contributed by atoms with Gasteiger partial charge in [-0.1, -0.05) is 36.0 Å². The van der Waals surface area contributed by atoms with Crippen LogP contribution in [0.5, 0.6) is 11.5 Å². The largest absolute Gasteiger partial charge is 0.496 e. The molecule has 0 spiro atoms. The average molecular weight is 301 g/mol. The van der Waals surface area contributed by atoms with Gasteiger partial charge in [0.2, 0.25) is 0 Å². The van der Waals surface area contributed by atoms with Gasteiger partial charge in [0, 0.05) is 11.1 Å². The van der Waals surface area contributed by atoms with E-state index in [1.54, 1.807) is 7.11 Å². The lowest BCUT2D eigenvalue weighted by Crippen LogP contribution is -2.10. The van der Waals surface area contributed by atoms with Gasteiger partial charge in [0.1, 0.15) is 23.1 Å². The smallest absolute Gasteiger partial charge is 0.125 e. The third-order valence-corrected chi connectivity index (χ3v) is 3.53. The summed E-state index contributed by atoms with van der Waals surface area (Å²) in [7, 11) is 1.66. The molecule has 2 N–H and O–H groups in total. The van der Waals surface area contributed by atoms with Crippen LogP contribution in [-0.2, 0) is 6.61 Å². The normalized spacial score (nSPS) is 10.2. The Morgan fingerprint density at radius 1 is 1.10 bits per heavy atom. The van der Waals surface area contributed by atoms with Crippen molar-refractivity contribution >= 4 is 17.2 Å². The Hall–Kier alpha value is -2.07. The molecule has 0 bridgehead atoms. The molecule has 0 aliphatic heterocycles. The number of thiocarbonyl (C=S) groups is 1. The first-order valence-electron chi connectivity index (χ1n) is 6.68. The topological polar surface area (TPSA) is 44.5 Å². The fraction of sp³-hybridized carbons (Fsp3) is 0.235. The summed E-state index contributed by atoms with van der Waals surface area (Å²) in [6.45, 7) is 4.47. The Bertz CT molecular complexity index is 668. The second-order valence-corrected chi connectivity index (χ2v) is 5.39. The molecular weight excluding hydrogens is 282 g/mol. The minimum atomic E-state index is 0.369. The van der Waals surface area contributed by atoms with Gasteiger partial charge in [-0.25, -0.2) is 0 Å². The molecule has 2 aromatic rings. The van der Waals surface area contributed by atoms with E-state index in [1.165, 1.54) is 5.56 Å². The molecule has 21 heavy (non-hydrogen) atoms. The quantitative estimate of drug-likeness (QED) is 0.858. The Balaban J connectivity index is 2.22. The lowest BCUT2D eigenvalue weighted by atomic mass is 10.1. The summed E-state index contributed by atoms with van der Waals surface area (Å²) < 4.78 is 11.3. The molecule has 0 fully saturated rings. The van der Waals surface area contributed by atoms with Gasteiger partial charge in [-0.15, -0.1) is 0 Å². The van der Waals surface area contributed by atoms with E-state index >= 15 is 0 Å². The fourth-order valence-corrected chi connectivity index (χ4v) is 2.21. The van der Waals surface area contributed by atoms with Crippen molar-refractivity contribution in [2.24, 2.45) is 5.73 Å². The Morgan fingerprint density at radius 3 is 2.52 bits per heavy atom. The summed E-state index contributed by atoms with van der Waals surface area (Å²) in [5.74, 6) is 1.60. The van der Waals surface area contributed by atoms with Gasteiger partial charge in [0.05, 0.1) is 7.11 Å². The molecule has 3 nitrogen and oxygen atoms in total. The number of hydrogen-bond donors (Lipinski definition) is 1. The summed E-state index contributed by atoms with van der Waals surface area (Å²) in [5.41, 5.74) is 9.69. The molecule has 0 atom stereocenters. The third kappa shape index (κ3) is 3.73. The van der Waals surface area contributed by atoms with Gasteiger partial charge in [-0.2, -0.15) is 0 Å². The van der Waals surface area contributed by atoms with Crippen LogP contribution in [0, 0.1) is 13.8 Å². The maximum Gasteiger partial charge on any atom is 0.125 e. The number of methoxy groups -OCH3 is 1. The summed E-state index contributed by atoms with van der Waals surface area (Å²) >= 11 is 5.00. The maximum atomic E-state index is 5.92. The van der Waals surface area contributed by atoms with E-state index in [9.17, 15) is 0 Å². The highest BCUT2D eigenvalue weighted by molar-refractivity contribution is 7.80. The zero-order valence-corrected chi connectivity index (χ0v) is 13.3. The molecule has 0 heterocycles. The minimum Gasteiger partial charge on any atom is -0.496 e. The highest BCUT2D eigenvalue weighted by Gasteiger charge is 2.07. The van der Waals surface area contributed by atoms with Crippen molar-refractivity contribution in [2.75, 3.05) is 7.11 Å². The zero-order chi connectivity index (χ0) is 15.4. The summed E-state index contributed by atoms with van der Waals surface area (Å²) in [4.78, 5) is 0.369. The van der Waals surface area contributed by atoms with Crippen LogP contribution >= 0.6 is 12.2 Å². The van der Waals surface area contributed by atoms with Crippen LogP contribution in [0.3, 0.4) is 0 Å². The molecule has 4 heteroatoms. The zero-order valence-electron chi connectivity index (χ0n) is 12.5. The SMILES string of the molecule is COc1ccc(C)cc1COc1cc(C(N)=S)ccc1C. The standard InChI is InChI=1S/C17H19NO2S/c1-11-4-7-15(19-3)14(8-11)10-20-16-9-13(17(18)21)6-5-12(16)2/h4-9H,10H2,1-3H3,(H2,18,21). The number of rotatable bonds is 5. The second kappa shape index (κ2) is 6.59. The molecular formula is C17H19NO2S.